The maximum atomic E-state index is 5.04. The maximum Gasteiger partial charge on any atom is 0.139 e. The van der Waals surface area contributed by atoms with Gasteiger partial charge in [-0.25, -0.2) is 44.9 Å². The van der Waals surface area contributed by atoms with Crippen LogP contribution in [-0.2, 0) is 40.8 Å². The standard InChI is InChI=1S/C39H39N15/c1-7-19-52-31-16-10-13-28(46-31)49(4)35-23-38(44-26-41-35)54(21-9-3)33-18-12-15-30(48-33)51(6)36-24-39(45-27-42-36)53(20-8-2)32-17-11-14-29(47-32)50(5)34-22-37(52)43-25-40-34/h7-18,22-27H,1-3,19-21H2,4-6H3. The van der Waals surface area contributed by atoms with E-state index in [-0.39, 0.29) is 0 Å². The summed E-state index contributed by atoms with van der Waals surface area (Å²) in [4.78, 5) is 42.8. The molecule has 0 fully saturated rings. The van der Waals surface area contributed by atoms with Crippen LogP contribution in [0.25, 0.3) is 67.8 Å². The molecule has 15 heteroatoms. The van der Waals surface area contributed by atoms with Crippen molar-refractivity contribution in [3.63, 3.8) is 0 Å². The third kappa shape index (κ3) is 7.10. The van der Waals surface area contributed by atoms with Crippen molar-refractivity contribution in [2.24, 2.45) is 21.1 Å². The van der Waals surface area contributed by atoms with Gasteiger partial charge in [0.25, 0.3) is 0 Å². The Labute approximate surface area is 310 Å². The van der Waals surface area contributed by atoms with Crippen LogP contribution in [0.15, 0.2) is 130 Å². The molecule has 0 aromatic carbocycles. The van der Waals surface area contributed by atoms with E-state index in [1.807, 2.05) is 140 Å². The first kappa shape index (κ1) is 35.1. The molecule has 7 aromatic rings. The number of allylic oxidation sites excluding steroid dienone is 3. The van der Waals surface area contributed by atoms with Gasteiger partial charge in [0.15, 0.2) is 0 Å². The fourth-order valence-electron chi connectivity index (χ4n) is 5.91. The molecule has 0 spiro atoms. The highest BCUT2D eigenvalue weighted by Gasteiger charge is 2.06. The van der Waals surface area contributed by atoms with Crippen LogP contribution in [0.1, 0.15) is 0 Å². The summed E-state index contributed by atoms with van der Waals surface area (Å²) in [5.74, 6) is 0. The molecule has 0 unspecified atom stereocenters. The molecule has 0 N–H and O–H groups in total. The number of rotatable bonds is 6. The lowest BCUT2D eigenvalue weighted by Gasteiger charge is -2.10. The molecular weight excluding hydrogens is 679 g/mol. The largest absolute Gasteiger partial charge is 0.314 e. The second-order valence-corrected chi connectivity index (χ2v) is 12.1. The highest BCUT2D eigenvalue weighted by molar-refractivity contribution is 5.63. The van der Waals surface area contributed by atoms with Crippen molar-refractivity contribution in [2.45, 2.75) is 19.6 Å². The highest BCUT2D eigenvalue weighted by atomic mass is 15.2. The summed E-state index contributed by atoms with van der Waals surface area (Å²) in [6, 6.07) is 23.1. The van der Waals surface area contributed by atoms with E-state index in [9.17, 15) is 0 Å². The second kappa shape index (κ2) is 15.5. The molecule has 7 aromatic heterocycles. The van der Waals surface area contributed by atoms with Gasteiger partial charge in [-0.1, -0.05) is 36.4 Å². The number of aromatic nitrogens is 15. The lowest BCUT2D eigenvalue weighted by atomic mass is 10.4. The van der Waals surface area contributed by atoms with Crippen LogP contribution in [0.5, 0.6) is 0 Å². The average molecular weight is 718 g/mol. The molecule has 0 aliphatic rings. The smallest absolute Gasteiger partial charge is 0.139 e. The van der Waals surface area contributed by atoms with E-state index in [2.05, 4.69) is 49.6 Å². The monoisotopic (exact) mass is 717 g/mol. The quantitative estimate of drug-likeness (QED) is 0.184. The van der Waals surface area contributed by atoms with E-state index in [0.29, 0.717) is 87.4 Å². The van der Waals surface area contributed by atoms with Crippen molar-refractivity contribution in [1.29, 1.82) is 0 Å². The Kier molecular flexibility index (Phi) is 10.1. The van der Waals surface area contributed by atoms with E-state index < -0.39 is 0 Å². The van der Waals surface area contributed by atoms with Crippen LogP contribution in [-0.4, -0.2) is 72.3 Å². The van der Waals surface area contributed by atoms with Crippen molar-refractivity contribution < 1.29 is 0 Å². The van der Waals surface area contributed by atoms with Gasteiger partial charge in [0.1, 0.15) is 86.7 Å². The minimum atomic E-state index is 0.445. The van der Waals surface area contributed by atoms with Crippen molar-refractivity contribution >= 4 is 67.8 Å². The Bertz CT molecular complexity index is 2390. The highest BCUT2D eigenvalue weighted by Crippen LogP contribution is 2.14. The van der Waals surface area contributed by atoms with Crippen LogP contribution in [0, 0.1) is 0 Å². The number of aryl methyl sites for hydroxylation is 3. The summed E-state index contributed by atoms with van der Waals surface area (Å²) >= 11 is 0. The van der Waals surface area contributed by atoms with E-state index >= 15 is 0 Å². The van der Waals surface area contributed by atoms with Crippen LogP contribution in [0.4, 0.5) is 0 Å². The van der Waals surface area contributed by atoms with E-state index in [0.717, 1.165) is 0 Å². The molecule has 15 nitrogen and oxygen atoms in total. The molecule has 7 heterocycles. The van der Waals surface area contributed by atoms with Crippen molar-refractivity contribution in [1.82, 2.24) is 72.3 Å². The first-order valence-corrected chi connectivity index (χ1v) is 17.1. The predicted octanol–water partition coefficient (Wildman–Crippen LogP) is 6.20. The predicted molar refractivity (Wildman–Crippen MR) is 212 cm³/mol. The Morgan fingerprint density at radius 2 is 0.648 bits per heavy atom. The minimum absolute atomic E-state index is 0.445. The van der Waals surface area contributed by atoms with Gasteiger partial charge < -0.3 is 27.4 Å². The van der Waals surface area contributed by atoms with Gasteiger partial charge in [-0.2, -0.15) is 0 Å². The van der Waals surface area contributed by atoms with Gasteiger partial charge in [-0.15, -0.1) is 19.7 Å². The minimum Gasteiger partial charge on any atom is -0.314 e. The molecule has 0 saturated heterocycles. The zero-order valence-electron chi connectivity index (χ0n) is 30.3. The molecule has 0 amide bonds. The Hall–Kier alpha value is -7.29. The van der Waals surface area contributed by atoms with Gasteiger partial charge in [0, 0.05) is 59.0 Å². The van der Waals surface area contributed by atoms with Crippen LogP contribution in [0.3, 0.4) is 0 Å². The Morgan fingerprint density at radius 3 is 0.926 bits per heavy atom. The summed E-state index contributed by atoms with van der Waals surface area (Å²) < 4.78 is 11.6. The second-order valence-electron chi connectivity index (χ2n) is 12.1. The summed E-state index contributed by atoms with van der Waals surface area (Å²) in [6.07, 6.45) is 10.0. The molecule has 270 valence electrons. The first-order valence-electron chi connectivity index (χ1n) is 17.1. The number of hydrogen-bond acceptors (Lipinski definition) is 9. The lowest BCUT2D eigenvalue weighted by molar-refractivity contribution is 0.841. The molecule has 0 aliphatic heterocycles. The molecule has 0 aliphatic carbocycles. The van der Waals surface area contributed by atoms with E-state index in [1.165, 1.54) is 19.0 Å². The third-order valence-electron chi connectivity index (χ3n) is 8.73. The van der Waals surface area contributed by atoms with Gasteiger partial charge in [-0.3, -0.25) is 0 Å². The number of fused-ring (bicyclic) bond motifs is 12. The molecule has 0 radical (unpaired) electrons. The van der Waals surface area contributed by atoms with Crippen molar-refractivity contribution in [3.05, 3.63) is 130 Å². The molecular formula is C39H39N15. The van der Waals surface area contributed by atoms with Gasteiger partial charge in [0.05, 0.1) is 0 Å². The zero-order valence-corrected chi connectivity index (χ0v) is 30.3. The Balaban J connectivity index is 1.69. The molecule has 7 rings (SSSR count). The van der Waals surface area contributed by atoms with Gasteiger partial charge in [0.2, 0.25) is 0 Å². The Morgan fingerprint density at radius 1 is 0.389 bits per heavy atom. The van der Waals surface area contributed by atoms with Crippen LogP contribution in [0.2, 0.25) is 0 Å². The van der Waals surface area contributed by atoms with Crippen molar-refractivity contribution in [3.8, 4) is 0 Å². The van der Waals surface area contributed by atoms with Gasteiger partial charge >= 0.3 is 0 Å². The SMILES string of the molecule is C=CCn1c2cc(ncn2)n(C)c2cccc(n2)n(CC=C)c2cc(ncn2)n(C)c2cccc(n2)n(CC=C)c2cc(ncn2)n(C)c2cccc1n2. The zero-order chi connectivity index (χ0) is 37.6. The fourth-order valence-corrected chi connectivity index (χ4v) is 5.91. The maximum absolute atomic E-state index is 5.04. The summed E-state index contributed by atoms with van der Waals surface area (Å²) in [7, 11) is 5.74. The summed E-state index contributed by atoms with van der Waals surface area (Å²) in [5.41, 5.74) is 7.80. The topological polar surface area (TPSA) is 146 Å². The molecule has 0 atom stereocenters. The molecule has 54 heavy (non-hydrogen) atoms. The summed E-state index contributed by atoms with van der Waals surface area (Å²) in [6.45, 7) is 13.4. The molecule has 0 saturated carbocycles. The lowest BCUT2D eigenvalue weighted by Crippen LogP contribution is -2.06. The van der Waals surface area contributed by atoms with E-state index in [4.69, 9.17) is 15.0 Å². The first-order chi connectivity index (χ1) is 26.4. The average Bonchev–Trinajstić information content (AvgIpc) is 3.23. The third-order valence-corrected chi connectivity index (χ3v) is 8.73. The van der Waals surface area contributed by atoms with Crippen LogP contribution < -0.4 is 0 Å². The summed E-state index contributed by atoms with van der Waals surface area (Å²) in [5, 5.41) is 0. The normalized spacial score (nSPS) is 10.9. The number of pyridine rings is 3. The fraction of sp³-hybridized carbons (Fsp3) is 0.154. The molecule has 12 bridgehead atoms. The van der Waals surface area contributed by atoms with Gasteiger partial charge in [-0.05, 0) is 36.4 Å². The number of nitrogens with zero attached hydrogens (tertiary/aromatic N) is 15. The van der Waals surface area contributed by atoms with Crippen LogP contribution >= 0.6 is 0 Å². The number of hydrogen-bond donors (Lipinski definition) is 0. The van der Waals surface area contributed by atoms with Crippen molar-refractivity contribution in [2.75, 3.05) is 0 Å². The van der Waals surface area contributed by atoms with E-state index in [1.54, 1.807) is 0 Å².